The van der Waals surface area contributed by atoms with Crippen LogP contribution < -0.4 is 0 Å². The molecule has 0 aliphatic heterocycles. The second-order valence-corrected chi connectivity index (χ2v) is 2.34. The first-order chi connectivity index (χ1) is 3.63. The molecule has 1 heteroatoms. The molecule has 0 radical (unpaired) electrons. The zero-order chi connectivity index (χ0) is 6.57. The first-order valence-corrected chi connectivity index (χ1v) is 2.83. The van der Waals surface area contributed by atoms with Crippen LogP contribution in [0, 0.1) is 5.92 Å². The minimum atomic E-state index is 0.575. The Labute approximate surface area is 55.9 Å². The molecule has 0 fully saturated rings. The van der Waals surface area contributed by atoms with Crippen molar-refractivity contribution in [1.82, 2.24) is 0 Å². The lowest BCUT2D eigenvalue weighted by Crippen LogP contribution is -1.71. The number of rotatable bonds is 2. The molecule has 0 amide bonds. The van der Waals surface area contributed by atoms with Gasteiger partial charge in [-0.2, -0.15) is 6.08 Å². The van der Waals surface area contributed by atoms with E-state index in [-0.39, 0.29) is 0 Å². The third-order valence-corrected chi connectivity index (χ3v) is 0.724. The van der Waals surface area contributed by atoms with Gasteiger partial charge in [-0.1, -0.05) is 6.58 Å². The summed E-state index contributed by atoms with van der Waals surface area (Å²) in [5.41, 5.74) is 0. The summed E-state index contributed by atoms with van der Waals surface area (Å²) >= 11 is 5.43. The molecule has 0 N–H and O–H groups in total. The highest BCUT2D eigenvalue weighted by Gasteiger charge is 1.69. The number of hydrogen-bond acceptors (Lipinski definition) is 0. The highest BCUT2D eigenvalue weighted by Crippen LogP contribution is 2.03. The molecule has 0 rings (SSSR count). The van der Waals surface area contributed by atoms with Crippen LogP contribution in [0.2, 0.25) is 0 Å². The smallest absolute Gasteiger partial charge is 0.0472 e. The Morgan fingerprint density at radius 1 is 1.62 bits per heavy atom. The summed E-state index contributed by atoms with van der Waals surface area (Å²) in [4.78, 5) is 0. The Hall–Kier alpha value is -0.360. The van der Waals surface area contributed by atoms with E-state index in [9.17, 15) is 0 Å². The topological polar surface area (TPSA) is 0 Å². The average Bonchev–Trinajstić information content (AvgIpc) is 1.61. The van der Waals surface area contributed by atoms with Gasteiger partial charge in [0.25, 0.3) is 0 Å². The maximum atomic E-state index is 5.43. The molecule has 0 saturated carbocycles. The Kier molecular flexibility index (Phi) is 3.46. The van der Waals surface area contributed by atoms with Gasteiger partial charge in [0.2, 0.25) is 0 Å². The van der Waals surface area contributed by atoms with Gasteiger partial charge >= 0.3 is 0 Å². The normalized spacial score (nSPS) is 9.88. The molecular weight excluding hydrogens is 120 g/mol. The van der Waals surface area contributed by atoms with E-state index in [1.54, 1.807) is 6.08 Å². The molecule has 46 valence electrons. The maximum Gasteiger partial charge on any atom is -0.0472 e. The molecule has 0 unspecified atom stereocenters. The predicted octanol–water partition coefficient (Wildman–Crippen LogP) is 2.91. The molecule has 0 aromatic heterocycles. The van der Waals surface area contributed by atoms with Crippen LogP contribution in [0.4, 0.5) is 0 Å². The van der Waals surface area contributed by atoms with Crippen molar-refractivity contribution in [2.45, 2.75) is 13.8 Å². The lowest BCUT2D eigenvalue weighted by Gasteiger charge is -2.03. The Morgan fingerprint density at radius 2 is 2.12 bits per heavy atom. The van der Waals surface area contributed by atoms with E-state index >= 15 is 0 Å². The van der Waals surface area contributed by atoms with Gasteiger partial charge in [0, 0.05) is 0 Å². The van der Waals surface area contributed by atoms with Crippen LogP contribution in [0.1, 0.15) is 13.8 Å². The van der Waals surface area contributed by atoms with Crippen LogP contribution in [0.5, 0.6) is 0 Å². The molecule has 0 aromatic rings. The van der Waals surface area contributed by atoms with Crippen LogP contribution in [-0.4, -0.2) is 0 Å². The van der Waals surface area contributed by atoms with E-state index in [2.05, 4.69) is 6.58 Å². The third-order valence-electron chi connectivity index (χ3n) is 0.598. The summed E-state index contributed by atoms with van der Waals surface area (Å²) in [6.07, 6.45) is 3.70. The van der Waals surface area contributed by atoms with E-state index in [0.717, 1.165) is 0 Å². The van der Waals surface area contributed by atoms with Crippen LogP contribution in [0.3, 0.4) is 0 Å². The Morgan fingerprint density at radius 3 is 2.25 bits per heavy atom. The largest absolute Gasteiger partial charge is 0.224 e. The molecule has 0 aliphatic rings. The summed E-state index contributed by atoms with van der Waals surface area (Å²) in [6.45, 7) is 7.51. The predicted molar refractivity (Wildman–Crippen MR) is 38.7 cm³/mol. The second-order valence-electron chi connectivity index (χ2n) is 1.86. The summed E-state index contributed by atoms with van der Waals surface area (Å²) in [7, 11) is 0. The number of halogens is 1. The SMILES string of the molecule is C=C(Cl)C=C[C-](C)C. The van der Waals surface area contributed by atoms with Crippen molar-refractivity contribution in [3.05, 3.63) is 29.7 Å². The molecule has 8 heavy (non-hydrogen) atoms. The van der Waals surface area contributed by atoms with Gasteiger partial charge in [-0.15, -0.1) is 25.4 Å². The van der Waals surface area contributed by atoms with Crippen molar-refractivity contribution in [3.8, 4) is 0 Å². The molecule has 0 bridgehead atoms. The van der Waals surface area contributed by atoms with E-state index in [1.807, 2.05) is 19.9 Å². The van der Waals surface area contributed by atoms with Crippen molar-refractivity contribution in [1.29, 1.82) is 0 Å². The summed E-state index contributed by atoms with van der Waals surface area (Å²) in [5.74, 6) is 1.23. The summed E-state index contributed by atoms with van der Waals surface area (Å²) in [6, 6.07) is 0. The maximum absolute atomic E-state index is 5.43. The van der Waals surface area contributed by atoms with Gasteiger partial charge in [0.1, 0.15) is 0 Å². The fraction of sp³-hybridized carbons (Fsp3) is 0.286. The second kappa shape index (κ2) is 3.62. The van der Waals surface area contributed by atoms with Gasteiger partial charge in [0.15, 0.2) is 0 Å². The van der Waals surface area contributed by atoms with Gasteiger partial charge in [-0.25, -0.2) is 12.0 Å². The molecule has 0 aliphatic carbocycles. The third kappa shape index (κ3) is 5.64. The van der Waals surface area contributed by atoms with Crippen LogP contribution in [0.15, 0.2) is 23.8 Å². The average molecular weight is 130 g/mol. The van der Waals surface area contributed by atoms with Crippen LogP contribution in [0.25, 0.3) is 0 Å². The lowest BCUT2D eigenvalue weighted by molar-refractivity contribution is 1.21. The van der Waals surface area contributed by atoms with Gasteiger partial charge < -0.3 is 0 Å². The van der Waals surface area contributed by atoms with E-state index < -0.39 is 0 Å². The van der Waals surface area contributed by atoms with Crippen molar-refractivity contribution < 1.29 is 0 Å². The van der Waals surface area contributed by atoms with Crippen molar-refractivity contribution in [2.75, 3.05) is 0 Å². The van der Waals surface area contributed by atoms with Gasteiger partial charge in [-0.05, 0) is 5.03 Å². The molecular formula is C7H10Cl-. The minimum absolute atomic E-state index is 0.575. The fourth-order valence-corrected chi connectivity index (χ4v) is 0.320. The van der Waals surface area contributed by atoms with Crippen molar-refractivity contribution >= 4 is 11.6 Å². The zero-order valence-electron chi connectivity index (χ0n) is 5.24. The lowest BCUT2D eigenvalue weighted by atomic mass is 10.2. The summed E-state index contributed by atoms with van der Waals surface area (Å²) in [5, 5.41) is 0.575. The van der Waals surface area contributed by atoms with Crippen LogP contribution in [-0.2, 0) is 0 Å². The first kappa shape index (κ1) is 7.64. The quantitative estimate of drug-likeness (QED) is 0.397. The molecule has 0 saturated heterocycles. The molecule has 0 heterocycles. The Balaban J connectivity index is 3.50. The number of allylic oxidation sites excluding steroid dienone is 3. The van der Waals surface area contributed by atoms with E-state index in [4.69, 9.17) is 11.6 Å². The first-order valence-electron chi connectivity index (χ1n) is 2.45. The fourth-order valence-electron chi connectivity index (χ4n) is 0.257. The molecule has 0 aromatic carbocycles. The monoisotopic (exact) mass is 129 g/mol. The molecule has 0 spiro atoms. The highest BCUT2D eigenvalue weighted by molar-refractivity contribution is 6.30. The van der Waals surface area contributed by atoms with Crippen molar-refractivity contribution in [3.63, 3.8) is 0 Å². The standard InChI is InChI=1S/C7H10Cl/c1-6(2)4-5-7(3)8/h4-5H,3H2,1-2H3/q-1. The number of hydrogen-bond donors (Lipinski definition) is 0. The molecule has 0 atom stereocenters. The van der Waals surface area contributed by atoms with Gasteiger partial charge in [-0.3, -0.25) is 0 Å². The van der Waals surface area contributed by atoms with Crippen LogP contribution >= 0.6 is 11.6 Å². The molecule has 0 nitrogen and oxygen atoms in total. The van der Waals surface area contributed by atoms with E-state index in [0.29, 0.717) is 5.03 Å². The highest BCUT2D eigenvalue weighted by atomic mass is 35.5. The van der Waals surface area contributed by atoms with Gasteiger partial charge in [0.05, 0.1) is 0 Å². The summed E-state index contributed by atoms with van der Waals surface area (Å²) < 4.78 is 0. The van der Waals surface area contributed by atoms with Crippen molar-refractivity contribution in [2.24, 2.45) is 0 Å². The minimum Gasteiger partial charge on any atom is -0.224 e. The van der Waals surface area contributed by atoms with E-state index in [1.165, 1.54) is 5.92 Å². The zero-order valence-corrected chi connectivity index (χ0v) is 6.00. The Bertz CT molecular complexity index is 101.